The van der Waals surface area contributed by atoms with Crippen molar-refractivity contribution in [2.75, 3.05) is 13.2 Å². The number of hydrogen-bond donors (Lipinski definition) is 4. The van der Waals surface area contributed by atoms with Gasteiger partial charge in [0, 0.05) is 17.5 Å². The van der Waals surface area contributed by atoms with Crippen molar-refractivity contribution in [3.8, 4) is 11.1 Å². The van der Waals surface area contributed by atoms with Crippen LogP contribution in [-0.4, -0.2) is 53.0 Å². The van der Waals surface area contributed by atoms with Crippen LogP contribution in [0.4, 0.5) is 0 Å². The summed E-state index contributed by atoms with van der Waals surface area (Å²) >= 11 is 0. The summed E-state index contributed by atoms with van der Waals surface area (Å²) in [6, 6.07) is 12.9. The smallest absolute Gasteiger partial charge is 0.251 e. The van der Waals surface area contributed by atoms with Gasteiger partial charge in [0.25, 0.3) is 5.91 Å². The van der Waals surface area contributed by atoms with Gasteiger partial charge in [0.2, 0.25) is 0 Å². The Labute approximate surface area is 175 Å². The first kappa shape index (κ1) is 23.4. The van der Waals surface area contributed by atoms with Crippen molar-refractivity contribution in [1.29, 1.82) is 0 Å². The summed E-state index contributed by atoms with van der Waals surface area (Å²) < 4.78 is 0. The number of carbonyl (C=O) groups is 3. The van der Waals surface area contributed by atoms with Crippen molar-refractivity contribution >= 4 is 17.5 Å². The monoisotopic (exact) mass is 412 g/mol. The first-order valence-corrected chi connectivity index (χ1v) is 9.93. The highest BCUT2D eigenvalue weighted by Crippen LogP contribution is 2.21. The van der Waals surface area contributed by atoms with Crippen LogP contribution in [0.2, 0.25) is 0 Å². The molecule has 0 radical (unpaired) electrons. The van der Waals surface area contributed by atoms with E-state index in [0.717, 1.165) is 24.0 Å². The number of nitrogens with one attached hydrogen (secondary N) is 1. The van der Waals surface area contributed by atoms with E-state index >= 15 is 0 Å². The molecule has 0 aromatic heterocycles. The standard InChI is InChI=1S/C23H28N2O5/c1-15(27)22(21(29)14-26)25-23(30)19-11-7-17(8-12-19)16-5-9-18(10-6-16)20(28)4-2-3-13-24/h5-12,15,22,26-27H,2-4,13-14,24H2,1H3,(H,25,30)/t15-,22+/m1/s1. The van der Waals surface area contributed by atoms with Crippen LogP contribution in [0.1, 0.15) is 46.9 Å². The Hall–Kier alpha value is -2.87. The zero-order chi connectivity index (χ0) is 22.1. The summed E-state index contributed by atoms with van der Waals surface area (Å²) in [5.41, 5.74) is 8.20. The van der Waals surface area contributed by atoms with E-state index < -0.39 is 30.4 Å². The van der Waals surface area contributed by atoms with Crippen LogP contribution in [0, 0.1) is 0 Å². The molecule has 7 heteroatoms. The second-order valence-corrected chi connectivity index (χ2v) is 7.14. The molecule has 0 aliphatic rings. The van der Waals surface area contributed by atoms with E-state index in [0.29, 0.717) is 24.1 Å². The molecule has 160 valence electrons. The third-order valence-electron chi connectivity index (χ3n) is 4.82. The van der Waals surface area contributed by atoms with Gasteiger partial charge in [-0.25, -0.2) is 0 Å². The van der Waals surface area contributed by atoms with Gasteiger partial charge in [0.05, 0.1) is 6.10 Å². The molecule has 1 amide bonds. The SMILES string of the molecule is C[C@@H](O)[C@H](NC(=O)c1ccc(-c2ccc(C(=O)CCCCN)cc2)cc1)C(=O)CO. The van der Waals surface area contributed by atoms with Crippen LogP contribution in [0.15, 0.2) is 48.5 Å². The minimum Gasteiger partial charge on any atom is -0.391 e. The molecule has 2 aromatic rings. The lowest BCUT2D eigenvalue weighted by atomic mass is 9.99. The molecule has 0 heterocycles. The molecule has 0 saturated heterocycles. The minimum absolute atomic E-state index is 0.0899. The van der Waals surface area contributed by atoms with E-state index in [9.17, 15) is 19.5 Å². The Bertz CT molecular complexity index is 860. The summed E-state index contributed by atoms with van der Waals surface area (Å²) in [5.74, 6) is -1.09. The van der Waals surface area contributed by atoms with Gasteiger partial charge in [-0.2, -0.15) is 0 Å². The molecule has 2 rings (SSSR count). The van der Waals surface area contributed by atoms with Gasteiger partial charge in [0.15, 0.2) is 11.6 Å². The van der Waals surface area contributed by atoms with Crippen molar-refractivity contribution in [3.05, 3.63) is 59.7 Å². The van der Waals surface area contributed by atoms with E-state index in [2.05, 4.69) is 5.32 Å². The molecule has 5 N–H and O–H groups in total. The number of unbranched alkanes of at least 4 members (excludes halogenated alkanes) is 1. The van der Waals surface area contributed by atoms with Crippen molar-refractivity contribution in [2.45, 2.75) is 38.3 Å². The average molecular weight is 412 g/mol. The van der Waals surface area contributed by atoms with Gasteiger partial charge in [-0.3, -0.25) is 14.4 Å². The number of ketones is 2. The summed E-state index contributed by atoms with van der Waals surface area (Å²) in [4.78, 5) is 36.2. The maximum atomic E-state index is 12.4. The quantitative estimate of drug-likeness (QED) is 0.328. The molecule has 30 heavy (non-hydrogen) atoms. The Kier molecular flexibility index (Phi) is 8.86. The minimum atomic E-state index is -1.17. The molecule has 0 aliphatic carbocycles. The number of rotatable bonds is 11. The number of carbonyl (C=O) groups excluding carboxylic acids is 3. The van der Waals surface area contributed by atoms with E-state index in [1.54, 1.807) is 36.4 Å². The first-order valence-electron chi connectivity index (χ1n) is 9.93. The summed E-state index contributed by atoms with van der Waals surface area (Å²) in [7, 11) is 0. The number of aliphatic hydroxyl groups excluding tert-OH is 2. The molecule has 2 aromatic carbocycles. The van der Waals surface area contributed by atoms with Crippen molar-refractivity contribution in [1.82, 2.24) is 5.32 Å². The zero-order valence-corrected chi connectivity index (χ0v) is 17.0. The van der Waals surface area contributed by atoms with Gasteiger partial charge >= 0.3 is 0 Å². The molecule has 0 aliphatic heterocycles. The van der Waals surface area contributed by atoms with E-state index in [-0.39, 0.29) is 5.78 Å². The molecular weight excluding hydrogens is 384 g/mol. The van der Waals surface area contributed by atoms with Gasteiger partial charge in [0.1, 0.15) is 12.6 Å². The number of nitrogens with two attached hydrogens (primary N) is 1. The van der Waals surface area contributed by atoms with E-state index in [4.69, 9.17) is 10.8 Å². The summed E-state index contributed by atoms with van der Waals surface area (Å²) in [6.45, 7) is 1.19. The Morgan fingerprint density at radius 3 is 1.93 bits per heavy atom. The molecule has 2 atom stereocenters. The van der Waals surface area contributed by atoms with Crippen LogP contribution < -0.4 is 11.1 Å². The number of Topliss-reactive ketones (excluding diaryl/α,β-unsaturated/α-hetero) is 2. The lowest BCUT2D eigenvalue weighted by Crippen LogP contribution is -2.48. The van der Waals surface area contributed by atoms with Crippen molar-refractivity contribution in [2.24, 2.45) is 5.73 Å². The highest BCUT2D eigenvalue weighted by atomic mass is 16.3. The fourth-order valence-corrected chi connectivity index (χ4v) is 3.03. The topological polar surface area (TPSA) is 130 Å². The zero-order valence-electron chi connectivity index (χ0n) is 17.0. The third kappa shape index (κ3) is 6.32. The number of hydrogen-bond acceptors (Lipinski definition) is 6. The molecule has 0 unspecified atom stereocenters. The molecule has 0 fully saturated rings. The summed E-state index contributed by atoms with van der Waals surface area (Å²) in [5, 5.41) is 21.1. The van der Waals surface area contributed by atoms with Crippen molar-refractivity contribution < 1.29 is 24.6 Å². The van der Waals surface area contributed by atoms with Crippen LogP contribution >= 0.6 is 0 Å². The normalized spacial score (nSPS) is 12.8. The van der Waals surface area contributed by atoms with Gasteiger partial charge < -0.3 is 21.3 Å². The maximum absolute atomic E-state index is 12.4. The van der Waals surface area contributed by atoms with Crippen LogP contribution in [-0.2, 0) is 4.79 Å². The molecule has 0 bridgehead atoms. The lowest BCUT2D eigenvalue weighted by Gasteiger charge is -2.19. The Morgan fingerprint density at radius 1 is 0.933 bits per heavy atom. The average Bonchev–Trinajstić information content (AvgIpc) is 2.77. The van der Waals surface area contributed by atoms with Gasteiger partial charge in [-0.05, 0) is 49.6 Å². The highest BCUT2D eigenvalue weighted by Gasteiger charge is 2.25. The largest absolute Gasteiger partial charge is 0.391 e. The lowest BCUT2D eigenvalue weighted by molar-refractivity contribution is -0.125. The number of benzene rings is 2. The molecule has 0 saturated carbocycles. The van der Waals surface area contributed by atoms with Crippen LogP contribution in [0.3, 0.4) is 0 Å². The fraction of sp³-hybridized carbons (Fsp3) is 0.348. The van der Waals surface area contributed by atoms with E-state index in [1.807, 2.05) is 12.1 Å². The van der Waals surface area contributed by atoms with E-state index in [1.165, 1.54) is 6.92 Å². The van der Waals surface area contributed by atoms with Gasteiger partial charge in [-0.15, -0.1) is 0 Å². The fourth-order valence-electron chi connectivity index (χ4n) is 3.03. The predicted octanol–water partition coefficient (Wildman–Crippen LogP) is 1.71. The van der Waals surface area contributed by atoms with Crippen molar-refractivity contribution in [3.63, 3.8) is 0 Å². The number of amides is 1. The molecular formula is C23H28N2O5. The second kappa shape index (κ2) is 11.3. The Balaban J connectivity index is 2.05. The van der Waals surface area contributed by atoms with Crippen LogP contribution in [0.5, 0.6) is 0 Å². The third-order valence-corrected chi connectivity index (χ3v) is 4.82. The number of aliphatic hydroxyl groups is 2. The molecule has 7 nitrogen and oxygen atoms in total. The van der Waals surface area contributed by atoms with Gasteiger partial charge in [-0.1, -0.05) is 36.4 Å². The molecule has 0 spiro atoms. The first-order chi connectivity index (χ1) is 14.4. The highest BCUT2D eigenvalue weighted by molar-refractivity contribution is 5.99. The maximum Gasteiger partial charge on any atom is 0.251 e. The second-order valence-electron chi connectivity index (χ2n) is 7.14. The predicted molar refractivity (Wildman–Crippen MR) is 114 cm³/mol. The van der Waals surface area contributed by atoms with Crippen LogP contribution in [0.25, 0.3) is 11.1 Å². The Morgan fingerprint density at radius 2 is 1.47 bits per heavy atom. The summed E-state index contributed by atoms with van der Waals surface area (Å²) in [6.07, 6.45) is 0.965.